The zero-order chi connectivity index (χ0) is 19.7. The van der Waals surface area contributed by atoms with Gasteiger partial charge in [0, 0.05) is 20.0 Å². The van der Waals surface area contributed by atoms with Crippen molar-refractivity contribution in [1.82, 2.24) is 4.90 Å². The van der Waals surface area contributed by atoms with Gasteiger partial charge in [0.05, 0.1) is 17.6 Å². The van der Waals surface area contributed by atoms with Gasteiger partial charge in [-0.2, -0.15) is 0 Å². The quantitative estimate of drug-likeness (QED) is 0.800. The number of methoxy groups -OCH3 is 1. The number of ether oxygens (including phenoxy) is 1. The first kappa shape index (κ1) is 19.1. The second-order valence-corrected chi connectivity index (χ2v) is 7.82. The minimum atomic E-state index is -0.563. The van der Waals surface area contributed by atoms with E-state index in [1.54, 1.807) is 21.0 Å². The van der Waals surface area contributed by atoms with E-state index in [1.807, 2.05) is 30.3 Å². The molecule has 0 saturated heterocycles. The van der Waals surface area contributed by atoms with E-state index in [2.05, 4.69) is 5.32 Å². The van der Waals surface area contributed by atoms with Crippen LogP contribution in [0.3, 0.4) is 0 Å². The molecule has 0 aliphatic heterocycles. The number of rotatable bonds is 5. The van der Waals surface area contributed by atoms with E-state index in [9.17, 15) is 14.4 Å². The lowest BCUT2D eigenvalue weighted by molar-refractivity contribution is -0.117. The van der Waals surface area contributed by atoms with Crippen LogP contribution in [-0.4, -0.2) is 43.9 Å². The number of esters is 1. The Morgan fingerprint density at radius 2 is 1.85 bits per heavy atom. The molecule has 1 N–H and O–H groups in total. The fourth-order valence-electron chi connectivity index (χ4n) is 3.11. The number of anilines is 1. The number of hydrogen-bond donors (Lipinski definition) is 1. The van der Waals surface area contributed by atoms with Crippen molar-refractivity contribution < 1.29 is 19.1 Å². The summed E-state index contributed by atoms with van der Waals surface area (Å²) in [6.45, 7) is 1.69. The Morgan fingerprint density at radius 3 is 2.44 bits per heavy atom. The summed E-state index contributed by atoms with van der Waals surface area (Å²) >= 11 is 1.11. The van der Waals surface area contributed by atoms with E-state index in [4.69, 9.17) is 4.74 Å². The topological polar surface area (TPSA) is 75.7 Å². The van der Waals surface area contributed by atoms with Gasteiger partial charge in [-0.25, -0.2) is 4.79 Å². The van der Waals surface area contributed by atoms with Crippen LogP contribution in [0.2, 0.25) is 0 Å². The zero-order valence-electron chi connectivity index (χ0n) is 15.7. The number of thiophene rings is 1. The summed E-state index contributed by atoms with van der Waals surface area (Å²) in [4.78, 5) is 39.2. The van der Waals surface area contributed by atoms with Gasteiger partial charge in [0.2, 0.25) is 5.91 Å². The van der Waals surface area contributed by atoms with E-state index in [0.29, 0.717) is 15.4 Å². The minimum absolute atomic E-state index is 0.131. The SMILES string of the molecule is COC(=O)c1c(NC(=O)C2CC2c2ccccc2)sc(C(=O)N(C)C)c1C. The van der Waals surface area contributed by atoms with Crippen molar-refractivity contribution in [3.05, 3.63) is 51.9 Å². The fourth-order valence-corrected chi connectivity index (χ4v) is 4.33. The molecule has 1 aliphatic carbocycles. The van der Waals surface area contributed by atoms with Gasteiger partial charge in [-0.3, -0.25) is 9.59 Å². The van der Waals surface area contributed by atoms with Crippen LogP contribution in [0, 0.1) is 12.8 Å². The maximum absolute atomic E-state index is 12.7. The Kier molecular flexibility index (Phi) is 5.32. The van der Waals surface area contributed by atoms with Crippen LogP contribution < -0.4 is 5.32 Å². The molecule has 6 nitrogen and oxygen atoms in total. The highest BCUT2D eigenvalue weighted by molar-refractivity contribution is 7.18. The van der Waals surface area contributed by atoms with Gasteiger partial charge in [0.15, 0.2) is 0 Å². The van der Waals surface area contributed by atoms with E-state index in [-0.39, 0.29) is 29.2 Å². The highest BCUT2D eigenvalue weighted by atomic mass is 32.1. The molecule has 0 spiro atoms. The van der Waals surface area contributed by atoms with Crippen molar-refractivity contribution in [3.63, 3.8) is 0 Å². The van der Waals surface area contributed by atoms with Crippen LogP contribution >= 0.6 is 11.3 Å². The third-order valence-electron chi connectivity index (χ3n) is 4.73. The first-order chi connectivity index (χ1) is 12.8. The van der Waals surface area contributed by atoms with Crippen molar-refractivity contribution in [3.8, 4) is 0 Å². The highest BCUT2D eigenvalue weighted by Gasteiger charge is 2.44. The van der Waals surface area contributed by atoms with Gasteiger partial charge in [0.1, 0.15) is 5.00 Å². The second-order valence-electron chi connectivity index (χ2n) is 6.80. The predicted molar refractivity (Wildman–Crippen MR) is 104 cm³/mol. The van der Waals surface area contributed by atoms with Crippen LogP contribution in [0.15, 0.2) is 30.3 Å². The lowest BCUT2D eigenvalue weighted by Crippen LogP contribution is -2.21. The number of nitrogens with one attached hydrogen (secondary N) is 1. The normalized spacial score (nSPS) is 17.9. The predicted octanol–water partition coefficient (Wildman–Crippen LogP) is 3.29. The molecule has 1 aromatic heterocycles. The Labute approximate surface area is 162 Å². The molecule has 2 amide bonds. The van der Waals surface area contributed by atoms with Crippen molar-refractivity contribution in [2.75, 3.05) is 26.5 Å². The van der Waals surface area contributed by atoms with Crippen LogP contribution in [0.1, 0.15) is 43.5 Å². The zero-order valence-corrected chi connectivity index (χ0v) is 16.6. The number of carbonyl (C=O) groups excluding carboxylic acids is 3. The molecular formula is C20H22N2O4S. The van der Waals surface area contributed by atoms with Gasteiger partial charge in [-0.05, 0) is 30.4 Å². The summed E-state index contributed by atoms with van der Waals surface area (Å²) in [5.41, 5.74) is 1.91. The summed E-state index contributed by atoms with van der Waals surface area (Å²) in [7, 11) is 4.57. The maximum atomic E-state index is 12.7. The molecule has 2 aromatic rings. The monoisotopic (exact) mass is 386 g/mol. The molecule has 1 saturated carbocycles. The van der Waals surface area contributed by atoms with Crippen LogP contribution in [-0.2, 0) is 9.53 Å². The van der Waals surface area contributed by atoms with Crippen LogP contribution in [0.25, 0.3) is 0 Å². The average molecular weight is 386 g/mol. The molecular weight excluding hydrogens is 364 g/mol. The minimum Gasteiger partial charge on any atom is -0.465 e. The van der Waals surface area contributed by atoms with Gasteiger partial charge in [-0.15, -0.1) is 11.3 Å². The number of benzene rings is 1. The third-order valence-corrected chi connectivity index (χ3v) is 5.92. The Hall–Kier alpha value is -2.67. The third kappa shape index (κ3) is 3.73. The van der Waals surface area contributed by atoms with Crippen molar-refractivity contribution in [2.45, 2.75) is 19.3 Å². The van der Waals surface area contributed by atoms with E-state index < -0.39 is 5.97 Å². The standard InChI is InChI=1S/C20H22N2O4S/c1-11-15(20(25)26-4)18(27-16(11)19(24)22(2)3)21-17(23)14-10-13(14)12-8-6-5-7-9-12/h5-9,13-14H,10H2,1-4H3,(H,21,23). The molecule has 1 aliphatic rings. The van der Waals surface area contributed by atoms with Gasteiger partial charge in [0.25, 0.3) is 5.91 Å². The summed E-state index contributed by atoms with van der Waals surface area (Å²) in [6, 6.07) is 9.89. The highest BCUT2D eigenvalue weighted by Crippen LogP contribution is 2.48. The van der Waals surface area contributed by atoms with Gasteiger partial charge < -0.3 is 15.0 Å². The molecule has 1 aromatic carbocycles. The first-order valence-electron chi connectivity index (χ1n) is 8.64. The van der Waals surface area contributed by atoms with E-state index in [0.717, 1.165) is 23.3 Å². The Bertz CT molecular complexity index is 889. The summed E-state index contributed by atoms with van der Waals surface area (Å²) in [5, 5.41) is 3.22. The molecule has 0 bridgehead atoms. The van der Waals surface area contributed by atoms with Gasteiger partial charge in [-0.1, -0.05) is 30.3 Å². The lowest BCUT2D eigenvalue weighted by Gasteiger charge is -2.08. The number of hydrogen-bond acceptors (Lipinski definition) is 5. The number of nitrogens with zero attached hydrogens (tertiary/aromatic N) is 1. The van der Waals surface area contributed by atoms with Crippen molar-refractivity contribution >= 4 is 34.1 Å². The lowest BCUT2D eigenvalue weighted by atomic mass is 10.1. The second kappa shape index (κ2) is 7.52. The number of carbonyl (C=O) groups is 3. The molecule has 2 atom stereocenters. The smallest absolute Gasteiger partial charge is 0.341 e. The van der Waals surface area contributed by atoms with Crippen LogP contribution in [0.4, 0.5) is 5.00 Å². The molecule has 7 heteroatoms. The fraction of sp³-hybridized carbons (Fsp3) is 0.350. The summed E-state index contributed by atoms with van der Waals surface area (Å²) in [6.07, 6.45) is 0.775. The molecule has 1 fully saturated rings. The maximum Gasteiger partial charge on any atom is 0.341 e. The van der Waals surface area contributed by atoms with Crippen molar-refractivity contribution in [1.29, 1.82) is 0 Å². The Morgan fingerprint density at radius 1 is 1.19 bits per heavy atom. The van der Waals surface area contributed by atoms with E-state index in [1.165, 1.54) is 12.0 Å². The molecule has 3 rings (SSSR count). The molecule has 142 valence electrons. The summed E-state index contributed by atoms with van der Waals surface area (Å²) in [5.74, 6) is -0.854. The van der Waals surface area contributed by atoms with Crippen molar-refractivity contribution in [2.24, 2.45) is 5.92 Å². The average Bonchev–Trinajstić information content (AvgIpc) is 3.40. The van der Waals surface area contributed by atoms with E-state index >= 15 is 0 Å². The molecule has 0 radical (unpaired) electrons. The molecule has 2 unspecified atom stereocenters. The largest absolute Gasteiger partial charge is 0.465 e. The molecule has 27 heavy (non-hydrogen) atoms. The Balaban J connectivity index is 1.84. The van der Waals surface area contributed by atoms with Gasteiger partial charge >= 0.3 is 5.97 Å². The first-order valence-corrected chi connectivity index (χ1v) is 9.46. The number of amides is 2. The van der Waals surface area contributed by atoms with Crippen LogP contribution in [0.5, 0.6) is 0 Å². The summed E-state index contributed by atoms with van der Waals surface area (Å²) < 4.78 is 4.85. The molecule has 1 heterocycles.